The van der Waals surface area contributed by atoms with E-state index in [1.165, 1.54) is 0 Å². The molecule has 0 bridgehead atoms. The highest BCUT2D eigenvalue weighted by Crippen LogP contribution is 2.61. The van der Waals surface area contributed by atoms with Gasteiger partial charge >= 0.3 is 42.0 Å². The molecule has 0 aromatic carbocycles. The quantitative estimate of drug-likeness (QED) is 0.575. The number of nitrogens with zero attached hydrogens (tertiary/aromatic N) is 1. The molecule has 1 aromatic heterocycles. The monoisotopic (exact) mass is 454 g/mol. The van der Waals surface area contributed by atoms with E-state index in [0.717, 1.165) is 0 Å². The number of aromatic amines is 1. The molecule has 28 heavy (non-hydrogen) atoms. The van der Waals surface area contributed by atoms with Crippen molar-refractivity contribution in [3.8, 4) is 0 Å². The van der Waals surface area contributed by atoms with E-state index in [4.69, 9.17) is 0 Å². The van der Waals surface area contributed by atoms with Gasteiger partial charge in [0, 0.05) is 0 Å². The molecule has 0 unspecified atom stereocenters. The van der Waals surface area contributed by atoms with E-state index in [2.05, 4.69) is 0 Å². The van der Waals surface area contributed by atoms with Crippen LogP contribution < -0.4 is 0 Å². The fourth-order valence-electron chi connectivity index (χ4n) is 1.56. The average Bonchev–Trinajstić information content (AvgIpc) is 2.95. The third-order valence-electron chi connectivity index (χ3n) is 3.14. The van der Waals surface area contributed by atoms with E-state index in [0.29, 0.717) is 5.10 Å². The predicted molar refractivity (Wildman–Crippen MR) is 53.3 cm³/mol. The Kier molecular flexibility index (Phi) is 5.21. The number of H-pyrrole nitrogens is 1. The Morgan fingerprint density at radius 2 is 0.964 bits per heavy atom. The van der Waals surface area contributed by atoms with Gasteiger partial charge in [-0.1, -0.05) is 0 Å². The molecule has 1 rings (SSSR count). The second-order valence-corrected chi connectivity index (χ2v) is 5.03. The Balaban J connectivity index is 3.55. The highest BCUT2D eigenvalue weighted by molar-refractivity contribution is 5.22. The molecule has 0 aliphatic heterocycles. The first-order valence-corrected chi connectivity index (χ1v) is 6.05. The van der Waals surface area contributed by atoms with E-state index in [1.54, 1.807) is 0 Å². The van der Waals surface area contributed by atoms with Gasteiger partial charge in [-0.05, 0) is 6.07 Å². The molecule has 1 aromatic rings. The van der Waals surface area contributed by atoms with Crippen LogP contribution in [0.15, 0.2) is 6.07 Å². The highest BCUT2D eigenvalue weighted by atomic mass is 19.4. The molecule has 1 heterocycles. The fourth-order valence-corrected chi connectivity index (χ4v) is 1.56. The number of aromatic nitrogens is 2. The summed E-state index contributed by atoms with van der Waals surface area (Å²) in [6.45, 7) is 0. The van der Waals surface area contributed by atoms with Gasteiger partial charge in [0.15, 0.2) is 0 Å². The molecule has 164 valence electrons. The van der Waals surface area contributed by atoms with Crippen molar-refractivity contribution in [2.24, 2.45) is 0 Å². The lowest BCUT2D eigenvalue weighted by molar-refractivity contribution is -0.442. The van der Waals surface area contributed by atoms with Crippen molar-refractivity contribution < 1.29 is 70.2 Å². The zero-order valence-corrected chi connectivity index (χ0v) is 12.1. The standard InChI is InChI=1S/C10H2F16N2/c11-4(12,2-1-3(28-27-2)5(13,14)15)6(16,17)7(18,19)8(20,21)9(22,23)10(24,25)26/h1H,(H,27,28). The lowest BCUT2D eigenvalue weighted by atomic mass is 9.92. The van der Waals surface area contributed by atoms with Crippen molar-refractivity contribution in [1.82, 2.24) is 10.2 Å². The van der Waals surface area contributed by atoms with Crippen molar-refractivity contribution >= 4 is 0 Å². The second kappa shape index (κ2) is 6.04. The number of hydrogen-bond acceptors (Lipinski definition) is 1. The first kappa shape index (κ1) is 24.1. The summed E-state index contributed by atoms with van der Waals surface area (Å²) < 4.78 is 203. The van der Waals surface area contributed by atoms with E-state index >= 15 is 0 Å². The molecule has 1 N–H and O–H groups in total. The Morgan fingerprint density at radius 1 is 0.571 bits per heavy atom. The summed E-state index contributed by atoms with van der Waals surface area (Å²) in [5.74, 6) is -38.8. The van der Waals surface area contributed by atoms with Gasteiger partial charge in [0.25, 0.3) is 0 Å². The molecule has 0 saturated carbocycles. The maximum absolute atomic E-state index is 13.5. The topological polar surface area (TPSA) is 28.7 Å². The van der Waals surface area contributed by atoms with Crippen LogP contribution >= 0.6 is 0 Å². The second-order valence-electron chi connectivity index (χ2n) is 5.03. The molecule has 0 aliphatic carbocycles. The minimum Gasteiger partial charge on any atom is -0.273 e. The van der Waals surface area contributed by atoms with Gasteiger partial charge in [-0.15, -0.1) is 0 Å². The molecule has 2 nitrogen and oxygen atoms in total. The van der Waals surface area contributed by atoms with Gasteiger partial charge in [-0.25, -0.2) is 0 Å². The third-order valence-corrected chi connectivity index (χ3v) is 3.14. The number of rotatable bonds is 5. The van der Waals surface area contributed by atoms with Crippen molar-refractivity contribution in [2.45, 2.75) is 42.0 Å². The molecule has 0 fully saturated rings. The van der Waals surface area contributed by atoms with Gasteiger partial charge in [-0.2, -0.15) is 75.3 Å². The predicted octanol–water partition coefficient (Wildman–Crippen LogP) is 5.62. The van der Waals surface area contributed by atoms with Crippen molar-refractivity contribution in [3.05, 3.63) is 17.5 Å². The lowest BCUT2D eigenvalue weighted by Gasteiger charge is -2.39. The van der Waals surface area contributed by atoms with Crippen molar-refractivity contribution in [3.63, 3.8) is 0 Å². The summed E-state index contributed by atoms with van der Waals surface area (Å²) in [6.07, 6.45) is -13.2. The van der Waals surface area contributed by atoms with Crippen LogP contribution in [0.5, 0.6) is 0 Å². The largest absolute Gasteiger partial charge is 0.460 e. The number of hydrogen-bond donors (Lipinski definition) is 1. The van der Waals surface area contributed by atoms with Crippen molar-refractivity contribution in [1.29, 1.82) is 0 Å². The summed E-state index contributed by atoms with van der Waals surface area (Å²) in [5, 5.41) is 2.48. The summed E-state index contributed by atoms with van der Waals surface area (Å²) in [5.41, 5.74) is -5.34. The van der Waals surface area contributed by atoms with Crippen LogP contribution in [-0.2, 0) is 12.1 Å². The van der Waals surface area contributed by atoms with Gasteiger partial charge in [0.1, 0.15) is 11.4 Å². The van der Waals surface area contributed by atoms with Crippen molar-refractivity contribution in [2.75, 3.05) is 0 Å². The Hall–Kier alpha value is -1.91. The smallest absolute Gasteiger partial charge is 0.273 e. The van der Waals surface area contributed by atoms with Crippen LogP contribution in [0, 0.1) is 0 Å². The Bertz CT molecular complexity index is 708. The maximum Gasteiger partial charge on any atom is 0.460 e. The molecule has 0 spiro atoms. The molecule has 0 atom stereocenters. The van der Waals surface area contributed by atoms with E-state index in [-0.39, 0.29) is 0 Å². The van der Waals surface area contributed by atoms with Crippen LogP contribution in [0.25, 0.3) is 0 Å². The zero-order valence-electron chi connectivity index (χ0n) is 12.1. The zero-order chi connectivity index (χ0) is 22.8. The molecule has 18 heteroatoms. The molecular weight excluding hydrogens is 452 g/mol. The maximum atomic E-state index is 13.5. The third kappa shape index (κ3) is 3.13. The van der Waals surface area contributed by atoms with Gasteiger partial charge in [0.05, 0.1) is 0 Å². The van der Waals surface area contributed by atoms with Crippen LogP contribution in [-0.4, -0.2) is 40.1 Å². The lowest BCUT2D eigenvalue weighted by Crippen LogP contribution is -2.69. The average molecular weight is 454 g/mol. The number of nitrogens with one attached hydrogen (secondary N) is 1. The summed E-state index contributed by atoms with van der Waals surface area (Å²) in [7, 11) is 0. The first-order valence-electron chi connectivity index (χ1n) is 6.05. The van der Waals surface area contributed by atoms with Gasteiger partial charge in [-0.3, -0.25) is 5.10 Å². The summed E-state index contributed by atoms with van der Waals surface area (Å²) >= 11 is 0. The van der Waals surface area contributed by atoms with Gasteiger partial charge in [0.2, 0.25) is 0 Å². The normalized spacial score (nSPS) is 15.9. The van der Waals surface area contributed by atoms with Crippen LogP contribution in [0.2, 0.25) is 0 Å². The van der Waals surface area contributed by atoms with E-state index in [9.17, 15) is 70.2 Å². The summed E-state index contributed by atoms with van der Waals surface area (Å²) in [6, 6.07) is -1.05. The Labute approximate surface area is 141 Å². The molecule has 0 amide bonds. The molecule has 0 saturated heterocycles. The first-order chi connectivity index (χ1) is 12.0. The minimum atomic E-state index is -8.14. The fraction of sp³-hybridized carbons (Fsp3) is 0.700. The molecular formula is C10H2F16N2. The van der Waals surface area contributed by atoms with Crippen LogP contribution in [0.3, 0.4) is 0 Å². The van der Waals surface area contributed by atoms with Gasteiger partial charge < -0.3 is 0 Å². The number of halogens is 16. The summed E-state index contributed by atoms with van der Waals surface area (Å²) in [4.78, 5) is 0. The highest BCUT2D eigenvalue weighted by Gasteiger charge is 2.91. The SMILES string of the molecule is FC(F)(F)c1cc(C(F)(F)C(F)(F)C(F)(F)C(F)(F)C(F)(F)C(F)(F)F)n[nH]1. The molecule has 0 radical (unpaired) electrons. The number of alkyl halides is 16. The molecule has 0 aliphatic rings. The minimum absolute atomic E-state index is 0.620. The van der Waals surface area contributed by atoms with Crippen LogP contribution in [0.4, 0.5) is 70.2 Å². The van der Waals surface area contributed by atoms with E-state index < -0.39 is 59.4 Å². The Morgan fingerprint density at radius 3 is 1.29 bits per heavy atom. The van der Waals surface area contributed by atoms with E-state index in [1.807, 2.05) is 5.10 Å². The van der Waals surface area contributed by atoms with Crippen LogP contribution in [0.1, 0.15) is 11.4 Å².